The molecule has 4 rings (SSSR count). The predicted molar refractivity (Wildman–Crippen MR) is 101 cm³/mol. The molecule has 1 atom stereocenters. The second-order valence-electron chi connectivity index (χ2n) is 6.64. The van der Waals surface area contributed by atoms with E-state index in [1.165, 1.54) is 16.3 Å². The van der Waals surface area contributed by atoms with Crippen LogP contribution in [-0.4, -0.2) is 41.7 Å². The molecule has 0 radical (unpaired) electrons. The summed E-state index contributed by atoms with van der Waals surface area (Å²) in [5, 5.41) is 2.47. The molecule has 1 aliphatic rings. The molecule has 0 unspecified atom stereocenters. The lowest BCUT2D eigenvalue weighted by Crippen LogP contribution is -2.38. The zero-order chi connectivity index (χ0) is 17.9. The van der Waals surface area contributed by atoms with Crippen LogP contribution >= 0.6 is 0 Å². The highest BCUT2D eigenvalue weighted by Crippen LogP contribution is 2.30. The summed E-state index contributed by atoms with van der Waals surface area (Å²) in [6.45, 7) is 5.14. The Morgan fingerprint density at radius 1 is 1.15 bits per heavy atom. The molecule has 1 fully saturated rings. The lowest BCUT2D eigenvalue weighted by atomic mass is 10.0. The quantitative estimate of drug-likeness (QED) is 0.721. The fraction of sp³-hybridized carbons (Fsp3) is 0.333. The van der Waals surface area contributed by atoms with E-state index in [-0.39, 0.29) is 6.10 Å². The SMILES string of the molecule is COc1ccc2ccccc2c1CN1CCO[C@H](c2cnc(C)cn2)C1. The zero-order valence-corrected chi connectivity index (χ0v) is 15.2. The fourth-order valence-electron chi connectivity index (χ4n) is 3.49. The number of morpholine rings is 1. The second kappa shape index (κ2) is 7.40. The van der Waals surface area contributed by atoms with Crippen molar-refractivity contribution in [3.63, 3.8) is 0 Å². The number of hydrogen-bond donors (Lipinski definition) is 0. The smallest absolute Gasteiger partial charge is 0.123 e. The Hall–Kier alpha value is -2.50. The zero-order valence-electron chi connectivity index (χ0n) is 15.2. The Morgan fingerprint density at radius 2 is 2.04 bits per heavy atom. The molecule has 1 saturated heterocycles. The summed E-state index contributed by atoms with van der Waals surface area (Å²) in [5.74, 6) is 0.932. The average molecular weight is 349 g/mol. The molecule has 0 spiro atoms. The van der Waals surface area contributed by atoms with Gasteiger partial charge in [-0.05, 0) is 23.8 Å². The van der Waals surface area contributed by atoms with Gasteiger partial charge in [0.15, 0.2) is 0 Å². The van der Waals surface area contributed by atoms with E-state index in [4.69, 9.17) is 9.47 Å². The molecular weight excluding hydrogens is 326 g/mol. The van der Waals surface area contributed by atoms with Gasteiger partial charge in [-0.1, -0.05) is 30.3 Å². The van der Waals surface area contributed by atoms with Crippen molar-refractivity contribution in [2.45, 2.75) is 19.6 Å². The molecule has 0 bridgehead atoms. The highest BCUT2D eigenvalue weighted by Gasteiger charge is 2.24. The number of hydrogen-bond acceptors (Lipinski definition) is 5. The first kappa shape index (κ1) is 16.9. The summed E-state index contributed by atoms with van der Waals surface area (Å²) >= 11 is 0. The highest BCUT2D eigenvalue weighted by molar-refractivity contribution is 5.87. The van der Waals surface area contributed by atoms with E-state index in [1.54, 1.807) is 13.3 Å². The molecule has 2 heterocycles. The van der Waals surface area contributed by atoms with Crippen molar-refractivity contribution >= 4 is 10.8 Å². The third-order valence-corrected chi connectivity index (χ3v) is 4.88. The van der Waals surface area contributed by atoms with E-state index in [1.807, 2.05) is 13.1 Å². The van der Waals surface area contributed by atoms with E-state index in [2.05, 4.69) is 51.3 Å². The van der Waals surface area contributed by atoms with Crippen LogP contribution in [0.2, 0.25) is 0 Å². The van der Waals surface area contributed by atoms with E-state index in [9.17, 15) is 0 Å². The Balaban J connectivity index is 1.59. The number of fused-ring (bicyclic) bond motifs is 1. The van der Waals surface area contributed by atoms with Gasteiger partial charge in [0.1, 0.15) is 11.9 Å². The molecule has 1 aliphatic heterocycles. The predicted octanol–water partition coefficient (Wildman–Crippen LogP) is 3.52. The lowest BCUT2D eigenvalue weighted by Gasteiger charge is -2.33. The number of nitrogens with zero attached hydrogens (tertiary/aromatic N) is 3. The number of benzene rings is 2. The first-order valence-corrected chi connectivity index (χ1v) is 8.91. The van der Waals surface area contributed by atoms with Crippen molar-refractivity contribution in [2.75, 3.05) is 26.8 Å². The summed E-state index contributed by atoms with van der Waals surface area (Å²) < 4.78 is 11.6. The third-order valence-electron chi connectivity index (χ3n) is 4.88. The molecule has 5 nitrogen and oxygen atoms in total. The maximum atomic E-state index is 5.94. The Morgan fingerprint density at radius 3 is 2.85 bits per heavy atom. The summed E-state index contributed by atoms with van der Waals surface area (Å²) in [4.78, 5) is 11.2. The highest BCUT2D eigenvalue weighted by atomic mass is 16.5. The molecule has 0 aliphatic carbocycles. The number of rotatable bonds is 4. The molecule has 0 N–H and O–H groups in total. The van der Waals surface area contributed by atoms with E-state index < -0.39 is 0 Å². The minimum absolute atomic E-state index is 0.0437. The largest absolute Gasteiger partial charge is 0.496 e. The van der Waals surface area contributed by atoms with Gasteiger partial charge in [-0.2, -0.15) is 0 Å². The number of aryl methyl sites for hydroxylation is 1. The molecule has 26 heavy (non-hydrogen) atoms. The van der Waals surface area contributed by atoms with E-state index >= 15 is 0 Å². The van der Waals surface area contributed by atoms with Gasteiger partial charge in [-0.25, -0.2) is 0 Å². The summed E-state index contributed by atoms with van der Waals surface area (Å²) in [7, 11) is 1.73. The minimum Gasteiger partial charge on any atom is -0.496 e. The van der Waals surface area contributed by atoms with Gasteiger partial charge in [0.25, 0.3) is 0 Å². The number of methoxy groups -OCH3 is 1. The molecule has 2 aromatic carbocycles. The van der Waals surface area contributed by atoms with Crippen molar-refractivity contribution in [1.82, 2.24) is 14.9 Å². The summed E-state index contributed by atoms with van der Waals surface area (Å²) in [6.07, 6.45) is 3.57. The van der Waals surface area contributed by atoms with Gasteiger partial charge in [0, 0.05) is 31.4 Å². The Kier molecular flexibility index (Phi) is 4.82. The van der Waals surface area contributed by atoms with Gasteiger partial charge in [-0.15, -0.1) is 0 Å². The van der Waals surface area contributed by atoms with E-state index in [0.29, 0.717) is 6.61 Å². The lowest BCUT2D eigenvalue weighted by molar-refractivity contribution is -0.0352. The number of ether oxygens (including phenoxy) is 2. The molecule has 0 saturated carbocycles. The van der Waals surface area contributed by atoms with Gasteiger partial charge in [-0.3, -0.25) is 14.9 Å². The van der Waals surface area contributed by atoms with Gasteiger partial charge in [0.2, 0.25) is 0 Å². The van der Waals surface area contributed by atoms with Crippen LogP contribution < -0.4 is 4.74 Å². The molecule has 0 amide bonds. The molecule has 134 valence electrons. The summed E-state index contributed by atoms with van der Waals surface area (Å²) in [5.41, 5.74) is 3.04. The fourth-order valence-corrected chi connectivity index (χ4v) is 3.49. The minimum atomic E-state index is -0.0437. The van der Waals surface area contributed by atoms with Crippen LogP contribution in [0.1, 0.15) is 23.1 Å². The molecule has 5 heteroatoms. The van der Waals surface area contributed by atoms with Crippen molar-refractivity contribution in [3.8, 4) is 5.75 Å². The third kappa shape index (κ3) is 3.41. The van der Waals surface area contributed by atoms with Crippen molar-refractivity contribution in [1.29, 1.82) is 0 Å². The van der Waals surface area contributed by atoms with Crippen LogP contribution in [0.4, 0.5) is 0 Å². The second-order valence-corrected chi connectivity index (χ2v) is 6.64. The normalized spacial score (nSPS) is 18.2. The van der Waals surface area contributed by atoms with Crippen LogP contribution in [0.5, 0.6) is 5.75 Å². The molecule has 3 aromatic rings. The van der Waals surface area contributed by atoms with Gasteiger partial charge < -0.3 is 9.47 Å². The van der Waals surface area contributed by atoms with Gasteiger partial charge in [0.05, 0.1) is 31.3 Å². The number of aromatic nitrogens is 2. The maximum absolute atomic E-state index is 5.94. The van der Waals surface area contributed by atoms with Gasteiger partial charge >= 0.3 is 0 Å². The topological polar surface area (TPSA) is 47.5 Å². The van der Waals surface area contributed by atoms with Crippen LogP contribution in [0.3, 0.4) is 0 Å². The molecular formula is C21H23N3O2. The monoisotopic (exact) mass is 349 g/mol. The van der Waals surface area contributed by atoms with Crippen LogP contribution in [0.15, 0.2) is 48.8 Å². The van der Waals surface area contributed by atoms with Crippen molar-refractivity contribution in [2.24, 2.45) is 0 Å². The average Bonchev–Trinajstić information content (AvgIpc) is 2.69. The molecule has 1 aromatic heterocycles. The van der Waals surface area contributed by atoms with E-state index in [0.717, 1.165) is 36.8 Å². The standard InChI is InChI=1S/C21H23N3O2/c1-15-11-23-19(12-22-15)21-14-24(9-10-26-21)13-18-17-6-4-3-5-16(17)7-8-20(18)25-2/h3-8,11-12,21H,9-10,13-14H2,1-2H3/t21-/m0/s1. The van der Waals surface area contributed by atoms with Crippen LogP contribution in [-0.2, 0) is 11.3 Å². The summed E-state index contributed by atoms with van der Waals surface area (Å²) in [6, 6.07) is 12.6. The first-order valence-electron chi connectivity index (χ1n) is 8.91. The first-order chi connectivity index (χ1) is 12.7. The van der Waals surface area contributed by atoms with Crippen LogP contribution in [0.25, 0.3) is 10.8 Å². The Bertz CT molecular complexity index is 895. The maximum Gasteiger partial charge on any atom is 0.123 e. The van der Waals surface area contributed by atoms with Crippen molar-refractivity contribution < 1.29 is 9.47 Å². The Labute approximate surface area is 153 Å². The van der Waals surface area contributed by atoms with Crippen LogP contribution in [0, 0.1) is 6.92 Å². The van der Waals surface area contributed by atoms with Crippen molar-refractivity contribution in [3.05, 3.63) is 65.7 Å².